The molecule has 0 heterocycles. The number of hydrogen-bond donors (Lipinski definition) is 0. The van der Waals surface area contributed by atoms with Crippen LogP contribution in [0, 0.1) is 0 Å². The Kier molecular flexibility index (Phi) is 7.37. The number of benzene rings is 9. The molecule has 4 heteroatoms. The van der Waals surface area contributed by atoms with E-state index in [4.69, 9.17) is 0 Å². The molecule has 9 aromatic carbocycles. The number of aldehydes is 4. The molecule has 0 bridgehead atoms. The Morgan fingerprint density at radius 1 is 0.288 bits per heavy atom. The van der Waals surface area contributed by atoms with Crippen LogP contribution >= 0.6 is 0 Å². The van der Waals surface area contributed by atoms with E-state index in [-0.39, 0.29) is 0 Å². The molecule has 0 atom stereocenters. The summed E-state index contributed by atoms with van der Waals surface area (Å²) in [7, 11) is 0. The van der Waals surface area contributed by atoms with Crippen LogP contribution in [0.5, 0.6) is 0 Å². The van der Waals surface area contributed by atoms with E-state index in [2.05, 4.69) is 48.5 Å². The molecule has 0 aliphatic rings. The van der Waals surface area contributed by atoms with Crippen molar-refractivity contribution < 1.29 is 19.2 Å². The molecule has 0 aliphatic carbocycles. The van der Waals surface area contributed by atoms with Gasteiger partial charge < -0.3 is 0 Å². The molecule has 52 heavy (non-hydrogen) atoms. The quantitative estimate of drug-likeness (QED) is 0.0918. The predicted molar refractivity (Wildman–Crippen MR) is 211 cm³/mol. The maximum absolute atomic E-state index is 11.7. The van der Waals surface area contributed by atoms with Gasteiger partial charge >= 0.3 is 0 Å². The normalized spacial score (nSPS) is 11.4. The molecule has 0 N–H and O–H groups in total. The minimum atomic E-state index is 0.603. The smallest absolute Gasteiger partial charge is 0.150 e. The summed E-state index contributed by atoms with van der Waals surface area (Å²) in [6.45, 7) is 0. The van der Waals surface area contributed by atoms with Crippen LogP contribution in [0.4, 0.5) is 0 Å². The SMILES string of the molecule is O=Cc1ccc(-c2cc3cccc4c5c(-c6ccc(C=O)cc6)cc(-c6ccc(C=O)cc6)c6ccc(-c7ccc(C=O)cc7)c(c(c2)c34)c65)cc1. The molecular weight excluding hydrogens is 641 g/mol. The van der Waals surface area contributed by atoms with Gasteiger partial charge in [0.25, 0.3) is 0 Å². The number of carbonyl (C=O) groups is 4. The second-order valence-electron chi connectivity index (χ2n) is 13.1. The molecule has 0 unspecified atom stereocenters. The zero-order chi connectivity index (χ0) is 35.3. The maximum atomic E-state index is 11.7. The van der Waals surface area contributed by atoms with Gasteiger partial charge in [0.05, 0.1) is 0 Å². The number of fused-ring (bicyclic) bond motifs is 2. The standard InChI is InChI=1S/C48H28O4/c49-25-29-4-12-33(13-5-29)38-22-37-2-1-3-41-45(37)44(23-38)46-39(34-14-6-30(26-50)7-15-34)20-21-40-42(35-16-8-31(27-51)9-17-35)24-43(47(41)48(40)46)36-18-10-32(28-52)11-19-36/h1-28H. The first kappa shape index (κ1) is 31.0. The minimum absolute atomic E-state index is 0.603. The fourth-order valence-electron chi connectivity index (χ4n) is 7.76. The lowest BCUT2D eigenvalue weighted by Crippen LogP contribution is -1.95. The first-order valence-electron chi connectivity index (χ1n) is 17.0. The van der Waals surface area contributed by atoms with E-state index in [0.29, 0.717) is 22.3 Å². The molecule has 0 amide bonds. The van der Waals surface area contributed by atoms with Crippen molar-refractivity contribution in [2.24, 2.45) is 0 Å². The van der Waals surface area contributed by atoms with E-state index in [0.717, 1.165) is 113 Å². The van der Waals surface area contributed by atoms with Crippen LogP contribution in [0.2, 0.25) is 0 Å². The van der Waals surface area contributed by atoms with E-state index >= 15 is 0 Å². The highest BCUT2D eigenvalue weighted by molar-refractivity contribution is 6.39. The van der Waals surface area contributed by atoms with E-state index in [1.165, 1.54) is 0 Å². The molecule has 9 aromatic rings. The van der Waals surface area contributed by atoms with Gasteiger partial charge in [0.2, 0.25) is 0 Å². The van der Waals surface area contributed by atoms with Crippen LogP contribution in [0.15, 0.2) is 146 Å². The summed E-state index contributed by atoms with van der Waals surface area (Å²) >= 11 is 0. The number of hydrogen-bond acceptors (Lipinski definition) is 4. The van der Waals surface area contributed by atoms with Gasteiger partial charge in [-0.1, -0.05) is 127 Å². The lowest BCUT2D eigenvalue weighted by Gasteiger charge is -2.23. The second-order valence-corrected chi connectivity index (χ2v) is 13.1. The molecule has 0 radical (unpaired) electrons. The molecule has 0 saturated heterocycles. The molecule has 9 rings (SSSR count). The monoisotopic (exact) mass is 668 g/mol. The third-order valence-electron chi connectivity index (χ3n) is 10.3. The van der Waals surface area contributed by atoms with Crippen molar-refractivity contribution in [2.45, 2.75) is 0 Å². The van der Waals surface area contributed by atoms with Gasteiger partial charge in [-0.3, -0.25) is 19.2 Å². The third kappa shape index (κ3) is 4.92. The van der Waals surface area contributed by atoms with Gasteiger partial charge in [0.15, 0.2) is 0 Å². The number of rotatable bonds is 8. The van der Waals surface area contributed by atoms with Gasteiger partial charge in [-0.15, -0.1) is 0 Å². The molecule has 244 valence electrons. The summed E-state index contributed by atoms with van der Waals surface area (Å²) in [5, 5.41) is 8.76. The van der Waals surface area contributed by atoms with Crippen molar-refractivity contribution in [3.63, 3.8) is 0 Å². The van der Waals surface area contributed by atoms with Crippen LogP contribution in [0.3, 0.4) is 0 Å². The van der Waals surface area contributed by atoms with Crippen molar-refractivity contribution in [2.75, 3.05) is 0 Å². The van der Waals surface area contributed by atoms with Gasteiger partial charge in [0, 0.05) is 22.3 Å². The van der Waals surface area contributed by atoms with Gasteiger partial charge in [-0.2, -0.15) is 0 Å². The Bertz CT molecular complexity index is 2870. The van der Waals surface area contributed by atoms with E-state index < -0.39 is 0 Å². The van der Waals surface area contributed by atoms with Crippen molar-refractivity contribution in [3.8, 4) is 44.5 Å². The summed E-state index contributed by atoms with van der Waals surface area (Å²) < 4.78 is 0. The van der Waals surface area contributed by atoms with Crippen LogP contribution in [0.25, 0.3) is 87.6 Å². The summed E-state index contributed by atoms with van der Waals surface area (Å²) in [5.74, 6) is 0. The second kappa shape index (κ2) is 12.4. The molecule has 4 nitrogen and oxygen atoms in total. The van der Waals surface area contributed by atoms with E-state index in [1.54, 1.807) is 0 Å². The largest absolute Gasteiger partial charge is 0.298 e. The summed E-state index contributed by atoms with van der Waals surface area (Å²) in [5.41, 5.74) is 10.5. The van der Waals surface area contributed by atoms with Crippen LogP contribution in [0.1, 0.15) is 41.4 Å². The lowest BCUT2D eigenvalue weighted by molar-refractivity contribution is 0.111. The maximum Gasteiger partial charge on any atom is 0.150 e. The van der Waals surface area contributed by atoms with E-state index in [1.807, 2.05) is 97.1 Å². The summed E-state index contributed by atoms with van der Waals surface area (Å²) in [6.07, 6.45) is 3.42. The van der Waals surface area contributed by atoms with Crippen molar-refractivity contribution in [3.05, 3.63) is 168 Å². The minimum Gasteiger partial charge on any atom is -0.298 e. The Hall–Kier alpha value is -7.04. The molecule has 0 aromatic heterocycles. The van der Waals surface area contributed by atoms with Gasteiger partial charge in [0.1, 0.15) is 25.1 Å². The highest BCUT2D eigenvalue weighted by Gasteiger charge is 2.23. The molecular formula is C48H28O4. The summed E-state index contributed by atoms with van der Waals surface area (Å²) in [6, 6.07) is 48.2. The fourth-order valence-corrected chi connectivity index (χ4v) is 7.76. The van der Waals surface area contributed by atoms with Gasteiger partial charge in [-0.25, -0.2) is 0 Å². The van der Waals surface area contributed by atoms with Gasteiger partial charge in [-0.05, 0) is 106 Å². The third-order valence-corrected chi connectivity index (χ3v) is 10.3. The van der Waals surface area contributed by atoms with Crippen LogP contribution in [-0.4, -0.2) is 25.1 Å². The van der Waals surface area contributed by atoms with E-state index in [9.17, 15) is 19.2 Å². The fraction of sp³-hybridized carbons (Fsp3) is 0. The summed E-state index contributed by atoms with van der Waals surface area (Å²) in [4.78, 5) is 46.4. The first-order valence-corrected chi connectivity index (χ1v) is 17.0. The Labute approximate surface area is 298 Å². The van der Waals surface area contributed by atoms with Crippen LogP contribution in [-0.2, 0) is 0 Å². The Morgan fingerprint density at radius 2 is 0.769 bits per heavy atom. The average Bonchev–Trinajstić information content (AvgIpc) is 3.22. The molecule has 0 saturated carbocycles. The highest BCUT2D eigenvalue weighted by Crippen LogP contribution is 2.50. The molecule has 0 spiro atoms. The zero-order valence-electron chi connectivity index (χ0n) is 27.8. The number of carbonyl (C=O) groups excluding carboxylic acids is 4. The average molecular weight is 669 g/mol. The first-order chi connectivity index (χ1) is 25.6. The Morgan fingerprint density at radius 3 is 1.31 bits per heavy atom. The zero-order valence-corrected chi connectivity index (χ0v) is 27.8. The predicted octanol–water partition coefficient (Wildman–Crippen LogP) is 11.7. The van der Waals surface area contributed by atoms with Crippen molar-refractivity contribution >= 4 is 68.2 Å². The van der Waals surface area contributed by atoms with Crippen LogP contribution < -0.4 is 0 Å². The van der Waals surface area contributed by atoms with Crippen molar-refractivity contribution in [1.29, 1.82) is 0 Å². The van der Waals surface area contributed by atoms with Crippen molar-refractivity contribution in [1.82, 2.24) is 0 Å². The highest BCUT2D eigenvalue weighted by atomic mass is 16.1. The molecule has 0 aliphatic heterocycles. The topological polar surface area (TPSA) is 68.3 Å². The lowest BCUT2D eigenvalue weighted by atomic mass is 9.80. The Balaban J connectivity index is 1.50. The molecule has 0 fully saturated rings.